The number of carboxylic acid groups (broad SMARTS) is 1. The number of rotatable bonds is 18. The van der Waals surface area contributed by atoms with Crippen LogP contribution in [0.3, 0.4) is 0 Å². The number of unbranched alkanes of at least 4 members (excludes halogenated alkanes) is 12. The molecule has 1 aromatic rings. The Bertz CT molecular complexity index is 707. The van der Waals surface area contributed by atoms with Crippen molar-refractivity contribution in [3.63, 3.8) is 0 Å². The number of hydrogen-bond acceptors (Lipinski definition) is 5. The standard InChI is InChI=1S/C23H36N2O6/c1-2-3-4-5-6-7-8-9-10-11-12-13-14-16-20(23(26)27)19-17-15-18-21(24(28)29)22(19)25(30)31/h15,17-18,20H,2-14,16H2,1H3,(H,26,27). The van der Waals surface area contributed by atoms with E-state index in [4.69, 9.17) is 0 Å². The third-order valence-corrected chi connectivity index (χ3v) is 5.70. The van der Waals surface area contributed by atoms with Crippen molar-refractivity contribution in [3.8, 4) is 0 Å². The van der Waals surface area contributed by atoms with Gasteiger partial charge in [0.15, 0.2) is 0 Å². The zero-order valence-electron chi connectivity index (χ0n) is 18.6. The molecule has 0 radical (unpaired) electrons. The van der Waals surface area contributed by atoms with Gasteiger partial charge >= 0.3 is 17.3 Å². The molecule has 1 N–H and O–H groups in total. The highest BCUT2D eigenvalue weighted by Gasteiger charge is 2.34. The molecule has 1 atom stereocenters. The molecule has 31 heavy (non-hydrogen) atoms. The van der Waals surface area contributed by atoms with E-state index < -0.39 is 33.1 Å². The number of aliphatic carboxylic acids is 1. The van der Waals surface area contributed by atoms with Crippen LogP contribution < -0.4 is 0 Å². The third-order valence-electron chi connectivity index (χ3n) is 5.70. The van der Waals surface area contributed by atoms with Crippen LogP contribution in [0.1, 0.15) is 108 Å². The second-order valence-corrected chi connectivity index (χ2v) is 8.15. The first-order valence-electron chi connectivity index (χ1n) is 11.5. The first kappa shape index (κ1) is 26.5. The van der Waals surface area contributed by atoms with Crippen LogP contribution in [0.5, 0.6) is 0 Å². The summed E-state index contributed by atoms with van der Waals surface area (Å²) in [5, 5.41) is 32.0. The molecule has 1 unspecified atom stereocenters. The van der Waals surface area contributed by atoms with Crippen molar-refractivity contribution >= 4 is 17.3 Å². The molecule has 0 heterocycles. The molecule has 0 amide bonds. The van der Waals surface area contributed by atoms with Crippen molar-refractivity contribution in [2.75, 3.05) is 0 Å². The van der Waals surface area contributed by atoms with E-state index in [-0.39, 0.29) is 12.0 Å². The molecule has 0 saturated carbocycles. The van der Waals surface area contributed by atoms with Crippen LogP contribution in [0.2, 0.25) is 0 Å². The van der Waals surface area contributed by atoms with E-state index in [1.54, 1.807) is 0 Å². The summed E-state index contributed by atoms with van der Waals surface area (Å²) in [6.07, 6.45) is 15.4. The molecular formula is C23H36N2O6. The molecule has 0 aliphatic heterocycles. The number of nitrogens with zero attached hydrogens (tertiary/aromatic N) is 2. The van der Waals surface area contributed by atoms with Crippen LogP contribution in [0.4, 0.5) is 11.4 Å². The Morgan fingerprint density at radius 3 is 1.74 bits per heavy atom. The lowest BCUT2D eigenvalue weighted by Gasteiger charge is -2.13. The van der Waals surface area contributed by atoms with Crippen molar-refractivity contribution in [2.45, 2.75) is 103 Å². The highest BCUT2D eigenvalue weighted by Crippen LogP contribution is 2.37. The van der Waals surface area contributed by atoms with Gasteiger partial charge in [0.25, 0.3) is 0 Å². The van der Waals surface area contributed by atoms with Crippen LogP contribution in [-0.4, -0.2) is 20.9 Å². The van der Waals surface area contributed by atoms with Gasteiger partial charge in [0.1, 0.15) is 0 Å². The van der Waals surface area contributed by atoms with Gasteiger partial charge in [-0.3, -0.25) is 25.0 Å². The maximum absolute atomic E-state index is 11.7. The SMILES string of the molecule is CCCCCCCCCCCCCCCC(C(=O)O)c1cccc([N+](=O)[O-])c1[N+](=O)[O-]. The third kappa shape index (κ3) is 9.89. The van der Waals surface area contributed by atoms with Gasteiger partial charge < -0.3 is 5.11 Å². The lowest BCUT2D eigenvalue weighted by Crippen LogP contribution is -2.14. The summed E-state index contributed by atoms with van der Waals surface area (Å²) in [5.74, 6) is -2.31. The summed E-state index contributed by atoms with van der Waals surface area (Å²) in [7, 11) is 0. The van der Waals surface area contributed by atoms with Gasteiger partial charge in [-0.2, -0.15) is 0 Å². The topological polar surface area (TPSA) is 124 Å². The smallest absolute Gasteiger partial charge is 0.350 e. The zero-order valence-corrected chi connectivity index (χ0v) is 18.6. The molecule has 8 heteroatoms. The molecule has 1 rings (SSSR count). The summed E-state index contributed by atoms with van der Waals surface area (Å²) >= 11 is 0. The summed E-state index contributed by atoms with van der Waals surface area (Å²) in [6, 6.07) is 3.65. The Morgan fingerprint density at radius 1 is 0.839 bits per heavy atom. The number of benzene rings is 1. The molecular weight excluding hydrogens is 400 g/mol. The Hall–Kier alpha value is -2.51. The van der Waals surface area contributed by atoms with Gasteiger partial charge in [-0.25, -0.2) is 0 Å². The van der Waals surface area contributed by atoms with Crippen molar-refractivity contribution in [3.05, 3.63) is 44.0 Å². The second-order valence-electron chi connectivity index (χ2n) is 8.15. The van der Waals surface area contributed by atoms with E-state index in [0.717, 1.165) is 25.3 Å². The fourth-order valence-corrected chi connectivity index (χ4v) is 3.95. The first-order chi connectivity index (χ1) is 14.9. The van der Waals surface area contributed by atoms with Crippen LogP contribution in [-0.2, 0) is 4.79 Å². The van der Waals surface area contributed by atoms with Crippen molar-refractivity contribution in [1.29, 1.82) is 0 Å². The highest BCUT2D eigenvalue weighted by atomic mass is 16.6. The van der Waals surface area contributed by atoms with Gasteiger partial charge in [-0.1, -0.05) is 103 Å². The second kappa shape index (κ2) is 15.3. The average molecular weight is 437 g/mol. The minimum Gasteiger partial charge on any atom is -0.481 e. The number of carboxylic acids is 1. The van der Waals surface area contributed by atoms with E-state index in [1.807, 2.05) is 0 Å². The Kier molecular flexibility index (Phi) is 13.1. The molecule has 0 fully saturated rings. The Labute approximate surface area is 184 Å². The maximum atomic E-state index is 11.7. The van der Waals surface area contributed by atoms with Crippen molar-refractivity contribution in [1.82, 2.24) is 0 Å². The fourth-order valence-electron chi connectivity index (χ4n) is 3.95. The van der Waals surface area contributed by atoms with E-state index in [2.05, 4.69) is 6.92 Å². The molecule has 0 aliphatic rings. The van der Waals surface area contributed by atoms with Gasteiger partial charge in [0, 0.05) is 6.07 Å². The van der Waals surface area contributed by atoms with Crippen LogP contribution >= 0.6 is 0 Å². The maximum Gasteiger partial charge on any atom is 0.350 e. The highest BCUT2D eigenvalue weighted by molar-refractivity contribution is 5.79. The zero-order chi connectivity index (χ0) is 23.1. The minimum atomic E-state index is -1.19. The molecule has 0 aromatic heterocycles. The molecule has 174 valence electrons. The van der Waals surface area contributed by atoms with Crippen LogP contribution in [0.25, 0.3) is 0 Å². The molecule has 0 spiro atoms. The average Bonchev–Trinajstić information content (AvgIpc) is 2.73. The molecule has 1 aromatic carbocycles. The summed E-state index contributed by atoms with van der Waals surface area (Å²) < 4.78 is 0. The van der Waals surface area contributed by atoms with Crippen molar-refractivity contribution in [2.24, 2.45) is 0 Å². The van der Waals surface area contributed by atoms with Crippen LogP contribution in [0, 0.1) is 20.2 Å². The van der Waals surface area contributed by atoms with E-state index in [1.165, 1.54) is 69.9 Å². The number of hydrogen-bond donors (Lipinski definition) is 1. The monoisotopic (exact) mass is 436 g/mol. The molecule has 8 nitrogen and oxygen atoms in total. The Balaban J connectivity index is 2.39. The van der Waals surface area contributed by atoms with Gasteiger partial charge in [0.05, 0.1) is 21.3 Å². The summed E-state index contributed by atoms with van der Waals surface area (Å²) in [6.45, 7) is 2.22. The Morgan fingerprint density at radius 2 is 1.32 bits per heavy atom. The number of nitro benzene ring substituents is 2. The number of para-hydroxylation sites is 1. The first-order valence-corrected chi connectivity index (χ1v) is 11.5. The predicted molar refractivity (Wildman–Crippen MR) is 120 cm³/mol. The lowest BCUT2D eigenvalue weighted by atomic mass is 9.91. The lowest BCUT2D eigenvalue weighted by molar-refractivity contribution is -0.423. The van der Waals surface area contributed by atoms with E-state index in [0.29, 0.717) is 6.42 Å². The number of carbonyl (C=O) groups is 1. The predicted octanol–water partition coefficient (Wildman–Crippen LogP) is 7.15. The number of nitro groups is 2. The minimum absolute atomic E-state index is 0.0920. The largest absolute Gasteiger partial charge is 0.481 e. The van der Waals surface area contributed by atoms with Crippen LogP contribution in [0.15, 0.2) is 18.2 Å². The van der Waals surface area contributed by atoms with E-state index in [9.17, 15) is 30.1 Å². The quantitative estimate of drug-likeness (QED) is 0.148. The molecule has 0 aliphatic carbocycles. The normalized spacial score (nSPS) is 11.9. The van der Waals surface area contributed by atoms with E-state index >= 15 is 0 Å². The van der Waals surface area contributed by atoms with Gasteiger partial charge in [-0.05, 0) is 6.42 Å². The van der Waals surface area contributed by atoms with Gasteiger partial charge in [0.2, 0.25) is 0 Å². The molecule has 0 bridgehead atoms. The van der Waals surface area contributed by atoms with Crippen molar-refractivity contribution < 1.29 is 19.7 Å². The molecule has 0 saturated heterocycles. The fraction of sp³-hybridized carbons (Fsp3) is 0.696. The van der Waals surface area contributed by atoms with Gasteiger partial charge in [-0.15, -0.1) is 0 Å². The summed E-state index contributed by atoms with van der Waals surface area (Å²) in [4.78, 5) is 32.5. The summed E-state index contributed by atoms with van der Waals surface area (Å²) in [5.41, 5.74) is -1.47.